The van der Waals surface area contributed by atoms with Gasteiger partial charge in [-0.25, -0.2) is 0 Å². The lowest BCUT2D eigenvalue weighted by Gasteiger charge is -2.09. The molecule has 0 amide bonds. The summed E-state index contributed by atoms with van der Waals surface area (Å²) in [6.07, 6.45) is 2.65. The summed E-state index contributed by atoms with van der Waals surface area (Å²) in [5.41, 5.74) is 0. The summed E-state index contributed by atoms with van der Waals surface area (Å²) in [6.45, 7) is 4.24. The van der Waals surface area contributed by atoms with Crippen molar-refractivity contribution in [2.75, 3.05) is 0 Å². The topological polar surface area (TPSA) is 76.2 Å². The fourth-order valence-corrected chi connectivity index (χ4v) is 3.07. The number of nitrogens with zero attached hydrogens (tertiary/aromatic N) is 2. The monoisotopic (exact) mass is 250 g/mol. The van der Waals surface area contributed by atoms with Crippen LogP contribution in [0.15, 0.2) is 4.52 Å². The third-order valence-corrected chi connectivity index (χ3v) is 4.33. The van der Waals surface area contributed by atoms with Gasteiger partial charge in [0.2, 0.25) is 5.89 Å². The molecule has 2 saturated carbocycles. The SMILES string of the molecule is CC1CC(C(=O)O)C(c2nc(C3CC3C)no2)C1. The first-order valence-electron chi connectivity index (χ1n) is 6.62. The first-order valence-corrected chi connectivity index (χ1v) is 6.62. The highest BCUT2D eigenvalue weighted by atomic mass is 16.5. The van der Waals surface area contributed by atoms with Crippen molar-refractivity contribution in [2.45, 2.75) is 44.9 Å². The fourth-order valence-electron chi connectivity index (χ4n) is 3.07. The molecule has 5 heteroatoms. The molecule has 2 aliphatic rings. The van der Waals surface area contributed by atoms with Crippen LogP contribution in [0.1, 0.15) is 56.7 Å². The van der Waals surface area contributed by atoms with Gasteiger partial charge in [-0.05, 0) is 31.1 Å². The van der Waals surface area contributed by atoms with E-state index in [1.807, 2.05) is 0 Å². The van der Waals surface area contributed by atoms with Crippen LogP contribution in [0, 0.1) is 17.8 Å². The first-order chi connectivity index (χ1) is 8.56. The summed E-state index contributed by atoms with van der Waals surface area (Å²) in [4.78, 5) is 15.7. The lowest BCUT2D eigenvalue weighted by atomic mass is 9.96. The minimum Gasteiger partial charge on any atom is -0.481 e. The second-order valence-corrected chi connectivity index (χ2v) is 5.94. The summed E-state index contributed by atoms with van der Waals surface area (Å²) < 4.78 is 5.30. The minimum absolute atomic E-state index is 0.104. The van der Waals surface area contributed by atoms with E-state index in [2.05, 4.69) is 24.0 Å². The number of hydrogen-bond donors (Lipinski definition) is 1. The van der Waals surface area contributed by atoms with E-state index < -0.39 is 5.97 Å². The van der Waals surface area contributed by atoms with Crippen molar-refractivity contribution in [2.24, 2.45) is 17.8 Å². The molecule has 2 aliphatic carbocycles. The van der Waals surface area contributed by atoms with Crippen LogP contribution in [-0.2, 0) is 4.79 Å². The van der Waals surface area contributed by atoms with Crippen LogP contribution in [0.2, 0.25) is 0 Å². The van der Waals surface area contributed by atoms with Crippen molar-refractivity contribution < 1.29 is 14.4 Å². The van der Waals surface area contributed by atoms with Crippen molar-refractivity contribution in [3.63, 3.8) is 0 Å². The van der Waals surface area contributed by atoms with Gasteiger partial charge < -0.3 is 9.63 Å². The maximum Gasteiger partial charge on any atom is 0.307 e. The van der Waals surface area contributed by atoms with Gasteiger partial charge in [0.25, 0.3) is 0 Å². The number of aliphatic carboxylic acids is 1. The number of carbonyl (C=O) groups is 1. The van der Waals surface area contributed by atoms with Crippen molar-refractivity contribution >= 4 is 5.97 Å². The smallest absolute Gasteiger partial charge is 0.307 e. The third-order valence-electron chi connectivity index (χ3n) is 4.33. The predicted molar refractivity (Wildman–Crippen MR) is 63.1 cm³/mol. The molecular formula is C13H18N2O3. The molecule has 98 valence electrons. The Balaban J connectivity index is 1.80. The van der Waals surface area contributed by atoms with E-state index in [0.717, 1.165) is 18.7 Å². The average Bonchev–Trinajstić information content (AvgIpc) is 2.79. The van der Waals surface area contributed by atoms with Gasteiger partial charge in [0.1, 0.15) is 0 Å². The van der Waals surface area contributed by atoms with E-state index in [4.69, 9.17) is 4.52 Å². The second-order valence-electron chi connectivity index (χ2n) is 5.94. The van der Waals surface area contributed by atoms with Crippen LogP contribution in [0.5, 0.6) is 0 Å². The van der Waals surface area contributed by atoms with E-state index in [-0.39, 0.29) is 11.8 Å². The van der Waals surface area contributed by atoms with Crippen LogP contribution in [0.25, 0.3) is 0 Å². The molecule has 3 rings (SSSR count). The van der Waals surface area contributed by atoms with Crippen LogP contribution >= 0.6 is 0 Å². The number of carboxylic acid groups (broad SMARTS) is 1. The lowest BCUT2D eigenvalue weighted by Crippen LogP contribution is -2.17. The highest BCUT2D eigenvalue weighted by Crippen LogP contribution is 2.47. The molecule has 18 heavy (non-hydrogen) atoms. The Bertz CT molecular complexity index is 471. The average molecular weight is 250 g/mol. The molecule has 0 saturated heterocycles. The second kappa shape index (κ2) is 4.07. The van der Waals surface area contributed by atoms with Crippen LogP contribution in [0.3, 0.4) is 0 Å². The van der Waals surface area contributed by atoms with E-state index in [0.29, 0.717) is 30.1 Å². The molecule has 0 bridgehead atoms. The van der Waals surface area contributed by atoms with Crippen molar-refractivity contribution in [3.8, 4) is 0 Å². The summed E-state index contributed by atoms with van der Waals surface area (Å²) in [5.74, 6) is 1.53. The Hall–Kier alpha value is -1.39. The number of aromatic nitrogens is 2. The quantitative estimate of drug-likeness (QED) is 0.891. The summed E-state index contributed by atoms with van der Waals surface area (Å²) in [7, 11) is 0. The number of rotatable bonds is 3. The van der Waals surface area contributed by atoms with Gasteiger partial charge in [-0.2, -0.15) is 4.98 Å². The first kappa shape index (κ1) is 11.7. The zero-order valence-corrected chi connectivity index (χ0v) is 10.7. The van der Waals surface area contributed by atoms with Crippen molar-refractivity contribution in [1.82, 2.24) is 10.1 Å². The standard InChI is InChI=1S/C13H18N2O3/c1-6-3-9(10(4-6)13(16)17)12-14-11(15-18-12)8-5-7(8)2/h6-10H,3-5H2,1-2H3,(H,16,17). The molecule has 1 aromatic rings. The van der Waals surface area contributed by atoms with Crippen LogP contribution in [0.4, 0.5) is 0 Å². The molecular weight excluding hydrogens is 232 g/mol. The Labute approximate surface area is 106 Å². The van der Waals surface area contributed by atoms with Crippen LogP contribution < -0.4 is 0 Å². The normalized spacial score (nSPS) is 38.9. The summed E-state index contributed by atoms with van der Waals surface area (Å²) >= 11 is 0. The van der Waals surface area contributed by atoms with Gasteiger partial charge in [-0.1, -0.05) is 19.0 Å². The molecule has 2 fully saturated rings. The molecule has 1 N–H and O–H groups in total. The third kappa shape index (κ3) is 1.91. The largest absolute Gasteiger partial charge is 0.481 e. The summed E-state index contributed by atoms with van der Waals surface area (Å²) in [6, 6.07) is 0. The molecule has 5 atom stereocenters. The van der Waals surface area contributed by atoms with Crippen molar-refractivity contribution in [3.05, 3.63) is 11.7 Å². The zero-order chi connectivity index (χ0) is 12.9. The van der Waals surface area contributed by atoms with Gasteiger partial charge in [-0.15, -0.1) is 0 Å². The van der Waals surface area contributed by atoms with Gasteiger partial charge in [0, 0.05) is 5.92 Å². The molecule has 0 aromatic carbocycles. The molecule has 0 radical (unpaired) electrons. The highest BCUT2D eigenvalue weighted by molar-refractivity contribution is 5.71. The zero-order valence-electron chi connectivity index (χ0n) is 10.7. The van der Waals surface area contributed by atoms with Gasteiger partial charge >= 0.3 is 5.97 Å². The molecule has 5 nitrogen and oxygen atoms in total. The molecule has 5 unspecified atom stereocenters. The van der Waals surface area contributed by atoms with Crippen molar-refractivity contribution in [1.29, 1.82) is 0 Å². The van der Waals surface area contributed by atoms with Crippen LogP contribution in [-0.4, -0.2) is 21.2 Å². The van der Waals surface area contributed by atoms with Gasteiger partial charge in [-0.3, -0.25) is 4.79 Å². The van der Waals surface area contributed by atoms with E-state index in [1.54, 1.807) is 0 Å². The number of hydrogen-bond acceptors (Lipinski definition) is 4. The molecule has 0 spiro atoms. The Morgan fingerprint density at radius 1 is 1.28 bits per heavy atom. The fraction of sp³-hybridized carbons (Fsp3) is 0.769. The molecule has 0 aliphatic heterocycles. The Morgan fingerprint density at radius 3 is 2.61 bits per heavy atom. The maximum atomic E-state index is 11.2. The molecule has 1 aromatic heterocycles. The number of carboxylic acids is 1. The maximum absolute atomic E-state index is 11.2. The Morgan fingerprint density at radius 2 is 2.00 bits per heavy atom. The summed E-state index contributed by atoms with van der Waals surface area (Å²) in [5, 5.41) is 13.3. The van der Waals surface area contributed by atoms with Gasteiger partial charge in [0.15, 0.2) is 5.82 Å². The molecule has 1 heterocycles. The van der Waals surface area contributed by atoms with E-state index >= 15 is 0 Å². The van der Waals surface area contributed by atoms with Gasteiger partial charge in [0.05, 0.1) is 11.8 Å². The lowest BCUT2D eigenvalue weighted by molar-refractivity contribution is -0.142. The van der Waals surface area contributed by atoms with E-state index in [1.165, 1.54) is 0 Å². The predicted octanol–water partition coefficient (Wildman–Crippen LogP) is 2.41. The van der Waals surface area contributed by atoms with E-state index in [9.17, 15) is 9.90 Å². The Kier molecular flexibility index (Phi) is 2.64. The minimum atomic E-state index is -0.746. The highest BCUT2D eigenvalue weighted by Gasteiger charge is 2.43.